The lowest BCUT2D eigenvalue weighted by Crippen LogP contribution is -2.51. The first-order chi connectivity index (χ1) is 16.1. The van der Waals surface area contributed by atoms with Gasteiger partial charge in [-0.05, 0) is 19.1 Å². The van der Waals surface area contributed by atoms with E-state index in [-0.39, 0.29) is 24.2 Å². The number of piperazine rings is 1. The van der Waals surface area contributed by atoms with E-state index in [9.17, 15) is 9.59 Å². The molecule has 0 aliphatic carbocycles. The third-order valence-corrected chi connectivity index (χ3v) is 6.58. The van der Waals surface area contributed by atoms with Crippen LogP contribution < -0.4 is 14.7 Å². The second-order valence-corrected chi connectivity index (χ2v) is 8.82. The zero-order valence-corrected chi connectivity index (χ0v) is 19.0. The number of rotatable bonds is 4. The van der Waals surface area contributed by atoms with Gasteiger partial charge in [0.15, 0.2) is 0 Å². The van der Waals surface area contributed by atoms with Crippen molar-refractivity contribution in [1.29, 1.82) is 0 Å². The van der Waals surface area contributed by atoms with E-state index in [0.717, 1.165) is 36.2 Å². The summed E-state index contributed by atoms with van der Waals surface area (Å²) in [7, 11) is 0. The lowest BCUT2D eigenvalue weighted by Gasteiger charge is -2.36. The minimum atomic E-state index is -0.285. The number of aryl methyl sites for hydroxylation is 1. The van der Waals surface area contributed by atoms with Crippen molar-refractivity contribution in [2.24, 2.45) is 5.92 Å². The molecule has 3 aliphatic rings. The zero-order valence-electron chi connectivity index (χ0n) is 19.0. The minimum Gasteiger partial charge on any atom is -0.378 e. The molecule has 0 saturated carbocycles. The number of carbonyl (C=O) groups is 2. The minimum absolute atomic E-state index is 0.0157. The largest absolute Gasteiger partial charge is 0.378 e. The Morgan fingerprint density at radius 2 is 1.70 bits per heavy atom. The van der Waals surface area contributed by atoms with Crippen molar-refractivity contribution in [2.75, 3.05) is 73.7 Å². The Bertz CT molecular complexity index is 1000. The summed E-state index contributed by atoms with van der Waals surface area (Å²) in [5.74, 6) is 1.45. The van der Waals surface area contributed by atoms with E-state index < -0.39 is 0 Å². The lowest BCUT2D eigenvalue weighted by molar-refractivity contribution is -0.136. The summed E-state index contributed by atoms with van der Waals surface area (Å²) in [4.78, 5) is 43.2. The molecule has 3 saturated heterocycles. The first-order valence-corrected chi connectivity index (χ1v) is 11.7. The SMILES string of the molecule is Cc1cc(N2CCOCC2)nc(N2CCN(C(=O)C3CC(=O)N(c4ccccc4)C3)CC2)n1. The van der Waals surface area contributed by atoms with Crippen LogP contribution in [0.25, 0.3) is 0 Å². The summed E-state index contributed by atoms with van der Waals surface area (Å²) < 4.78 is 5.46. The molecule has 0 radical (unpaired) electrons. The zero-order chi connectivity index (χ0) is 22.8. The molecule has 2 aromatic rings. The van der Waals surface area contributed by atoms with E-state index in [1.54, 1.807) is 4.90 Å². The first kappa shape index (κ1) is 21.6. The summed E-state index contributed by atoms with van der Waals surface area (Å²) in [5, 5.41) is 0. The third kappa shape index (κ3) is 4.64. The molecule has 33 heavy (non-hydrogen) atoms. The second kappa shape index (κ2) is 9.35. The van der Waals surface area contributed by atoms with Crippen molar-refractivity contribution in [3.8, 4) is 0 Å². The van der Waals surface area contributed by atoms with Gasteiger partial charge >= 0.3 is 0 Å². The molecule has 2 amide bonds. The Morgan fingerprint density at radius 1 is 0.970 bits per heavy atom. The molecule has 5 rings (SSSR count). The molecule has 174 valence electrons. The van der Waals surface area contributed by atoms with Gasteiger partial charge in [0.05, 0.1) is 19.1 Å². The molecule has 1 unspecified atom stereocenters. The van der Waals surface area contributed by atoms with Gasteiger partial charge in [-0.1, -0.05) is 18.2 Å². The Balaban J connectivity index is 1.20. The maximum Gasteiger partial charge on any atom is 0.228 e. The van der Waals surface area contributed by atoms with Crippen LogP contribution in [0.1, 0.15) is 12.1 Å². The number of amides is 2. The quantitative estimate of drug-likeness (QED) is 0.695. The Hall–Kier alpha value is -3.20. The van der Waals surface area contributed by atoms with Gasteiger partial charge in [0.2, 0.25) is 17.8 Å². The summed E-state index contributed by atoms with van der Waals surface area (Å²) in [5.41, 5.74) is 1.79. The van der Waals surface area contributed by atoms with Crippen LogP contribution in [0.2, 0.25) is 0 Å². The van der Waals surface area contributed by atoms with Gasteiger partial charge in [-0.25, -0.2) is 4.98 Å². The molecule has 3 aliphatic heterocycles. The molecule has 0 N–H and O–H groups in total. The Labute approximate surface area is 193 Å². The number of benzene rings is 1. The average molecular weight is 451 g/mol. The van der Waals surface area contributed by atoms with Crippen molar-refractivity contribution in [3.05, 3.63) is 42.1 Å². The van der Waals surface area contributed by atoms with Crippen molar-refractivity contribution in [2.45, 2.75) is 13.3 Å². The number of hydrogen-bond donors (Lipinski definition) is 0. The van der Waals surface area contributed by atoms with Gasteiger partial charge in [0.1, 0.15) is 5.82 Å². The van der Waals surface area contributed by atoms with Gasteiger partial charge < -0.3 is 24.3 Å². The maximum absolute atomic E-state index is 13.2. The van der Waals surface area contributed by atoms with Crippen LogP contribution in [0, 0.1) is 12.8 Å². The van der Waals surface area contributed by atoms with Gasteiger partial charge in [-0.2, -0.15) is 4.98 Å². The fourth-order valence-corrected chi connectivity index (χ4v) is 4.75. The molecule has 0 spiro atoms. The predicted octanol–water partition coefficient (Wildman–Crippen LogP) is 1.32. The molecular weight excluding hydrogens is 420 g/mol. The number of anilines is 3. The number of carbonyl (C=O) groups excluding carboxylic acids is 2. The smallest absolute Gasteiger partial charge is 0.228 e. The highest BCUT2D eigenvalue weighted by atomic mass is 16.5. The number of morpholine rings is 1. The number of ether oxygens (including phenoxy) is 1. The molecule has 0 bridgehead atoms. The highest BCUT2D eigenvalue weighted by Gasteiger charge is 2.38. The van der Waals surface area contributed by atoms with E-state index in [0.29, 0.717) is 45.9 Å². The number of aromatic nitrogens is 2. The van der Waals surface area contributed by atoms with Crippen LogP contribution in [0.5, 0.6) is 0 Å². The maximum atomic E-state index is 13.2. The van der Waals surface area contributed by atoms with Crippen molar-refractivity contribution in [1.82, 2.24) is 14.9 Å². The number of nitrogens with zero attached hydrogens (tertiary/aromatic N) is 6. The fraction of sp³-hybridized carbons (Fsp3) is 0.500. The topological polar surface area (TPSA) is 82.1 Å². The highest BCUT2D eigenvalue weighted by molar-refractivity contribution is 6.00. The fourth-order valence-electron chi connectivity index (χ4n) is 4.75. The summed E-state index contributed by atoms with van der Waals surface area (Å²) in [6.07, 6.45) is 0.276. The van der Waals surface area contributed by atoms with Crippen molar-refractivity contribution >= 4 is 29.3 Å². The molecule has 1 atom stereocenters. The first-order valence-electron chi connectivity index (χ1n) is 11.7. The summed E-state index contributed by atoms with van der Waals surface area (Å²) >= 11 is 0. The van der Waals surface area contributed by atoms with Gasteiger partial charge in [0.25, 0.3) is 0 Å². The van der Waals surface area contributed by atoms with Crippen LogP contribution in [0.15, 0.2) is 36.4 Å². The van der Waals surface area contributed by atoms with Crippen LogP contribution in [0.3, 0.4) is 0 Å². The predicted molar refractivity (Wildman–Crippen MR) is 125 cm³/mol. The average Bonchev–Trinajstić information content (AvgIpc) is 3.26. The summed E-state index contributed by atoms with van der Waals surface area (Å²) in [6, 6.07) is 11.6. The second-order valence-electron chi connectivity index (χ2n) is 8.82. The van der Waals surface area contributed by atoms with Crippen LogP contribution in [-0.2, 0) is 14.3 Å². The van der Waals surface area contributed by atoms with Crippen molar-refractivity contribution in [3.63, 3.8) is 0 Å². The standard InChI is InChI=1S/C24H30N6O3/c1-18-15-21(27-11-13-33-14-12-27)26-24(25-18)29-9-7-28(8-10-29)23(32)19-16-22(31)30(17-19)20-5-3-2-4-6-20/h2-6,15,19H,7-14,16-17H2,1H3. The normalized spacial score (nSPS) is 21.6. The Morgan fingerprint density at radius 3 is 2.42 bits per heavy atom. The number of para-hydroxylation sites is 1. The van der Waals surface area contributed by atoms with Crippen LogP contribution in [0.4, 0.5) is 17.5 Å². The molecule has 1 aromatic carbocycles. The summed E-state index contributed by atoms with van der Waals surface area (Å²) in [6.45, 7) is 8.11. The highest BCUT2D eigenvalue weighted by Crippen LogP contribution is 2.27. The molecule has 1 aromatic heterocycles. The van der Waals surface area contributed by atoms with E-state index in [2.05, 4.69) is 14.8 Å². The van der Waals surface area contributed by atoms with E-state index in [4.69, 9.17) is 9.72 Å². The van der Waals surface area contributed by atoms with Gasteiger partial charge in [-0.3, -0.25) is 9.59 Å². The van der Waals surface area contributed by atoms with Crippen LogP contribution in [-0.4, -0.2) is 85.7 Å². The van der Waals surface area contributed by atoms with E-state index >= 15 is 0 Å². The van der Waals surface area contributed by atoms with Gasteiger partial charge in [0, 0.05) is 69.7 Å². The van der Waals surface area contributed by atoms with Crippen LogP contribution >= 0.6 is 0 Å². The van der Waals surface area contributed by atoms with Crippen molar-refractivity contribution < 1.29 is 14.3 Å². The van der Waals surface area contributed by atoms with Gasteiger partial charge in [-0.15, -0.1) is 0 Å². The lowest BCUT2D eigenvalue weighted by atomic mass is 10.1. The molecule has 4 heterocycles. The monoisotopic (exact) mass is 450 g/mol. The van der Waals surface area contributed by atoms with E-state index in [1.165, 1.54) is 0 Å². The molecule has 9 heteroatoms. The Kier molecular flexibility index (Phi) is 6.13. The van der Waals surface area contributed by atoms with E-state index in [1.807, 2.05) is 48.2 Å². The number of hydrogen-bond acceptors (Lipinski definition) is 7. The molecular formula is C24H30N6O3. The molecule has 3 fully saturated rings. The molecule has 9 nitrogen and oxygen atoms in total. The third-order valence-electron chi connectivity index (χ3n) is 6.58.